The van der Waals surface area contributed by atoms with E-state index in [0.29, 0.717) is 23.1 Å². The number of fused-ring (bicyclic) bond motifs is 18. The number of carboxylic acid groups (broad SMARTS) is 1. The third kappa shape index (κ3) is 12.2. The Morgan fingerprint density at radius 1 is 0.525 bits per heavy atom. The number of nitrogens with one attached hydrogen (secondary N) is 5. The molecule has 6 N–H and O–H groups in total. The van der Waals surface area contributed by atoms with Crippen molar-refractivity contribution in [3.63, 3.8) is 0 Å². The van der Waals surface area contributed by atoms with Crippen LogP contribution in [0.15, 0.2) is 140 Å². The fourth-order valence-electron chi connectivity index (χ4n) is 6.90. The third-order valence-corrected chi connectivity index (χ3v) is 10.2. The Hall–Kier alpha value is -7.08. The smallest absolute Gasteiger partial charge is 0.326 e. The molecule has 12 nitrogen and oxygen atoms in total. The van der Waals surface area contributed by atoms with Crippen molar-refractivity contribution in [2.24, 2.45) is 0 Å². The molecular weight excluding hydrogens is 747 g/mol. The molecule has 59 heavy (non-hydrogen) atoms. The molecule has 4 atom stereocenters. The number of amides is 5. The van der Waals surface area contributed by atoms with E-state index in [0.717, 1.165) is 22.3 Å². The summed E-state index contributed by atoms with van der Waals surface area (Å²) in [6.45, 7) is -0.0145. The number of hydrogen-bond donors (Lipinski definition) is 6. The van der Waals surface area contributed by atoms with Crippen LogP contribution in [0.5, 0.6) is 0 Å². The van der Waals surface area contributed by atoms with Crippen molar-refractivity contribution < 1.29 is 33.9 Å². The zero-order chi connectivity index (χ0) is 41.6. The molecule has 12 heteroatoms. The minimum absolute atomic E-state index is 0.0145. The van der Waals surface area contributed by atoms with E-state index in [2.05, 4.69) is 26.6 Å². The maximum Gasteiger partial charge on any atom is 0.326 e. The molecule has 5 aromatic carbocycles. The number of aliphatic carboxylic acids is 1. The SMILES string of the molecule is O=C1CCNC(=O)c2ccc(cc2)C[C@@H](C(=O)O)NC(=O)[C@@H](Cc2ccccc2)NC(=O)[C@@H](Cc2ccc(-c3ccccc3)cc2)NC(=O)[C@@H](CCc2ccccc2)N1. The van der Waals surface area contributed by atoms with Crippen LogP contribution < -0.4 is 26.6 Å². The van der Waals surface area contributed by atoms with Crippen LogP contribution in [0.4, 0.5) is 0 Å². The Morgan fingerprint density at radius 3 is 1.61 bits per heavy atom. The van der Waals surface area contributed by atoms with E-state index in [1.54, 1.807) is 36.4 Å². The fraction of sp³-hybridized carbons (Fsp3) is 0.234. The average Bonchev–Trinajstić information content (AvgIpc) is 3.25. The minimum atomic E-state index is -1.37. The van der Waals surface area contributed by atoms with Gasteiger partial charge in [0.25, 0.3) is 5.91 Å². The van der Waals surface area contributed by atoms with E-state index >= 15 is 0 Å². The summed E-state index contributed by atoms with van der Waals surface area (Å²) in [5, 5.41) is 24.0. The molecule has 5 amide bonds. The molecule has 0 radical (unpaired) electrons. The van der Waals surface area contributed by atoms with Crippen LogP contribution in [0.2, 0.25) is 0 Å². The molecule has 2 aliphatic rings. The summed E-state index contributed by atoms with van der Waals surface area (Å²) in [7, 11) is 0. The second-order valence-electron chi connectivity index (χ2n) is 14.5. The number of aryl methyl sites for hydroxylation is 1. The van der Waals surface area contributed by atoms with Crippen molar-refractivity contribution in [1.82, 2.24) is 26.6 Å². The van der Waals surface area contributed by atoms with Crippen molar-refractivity contribution in [2.75, 3.05) is 6.54 Å². The molecule has 2 heterocycles. The van der Waals surface area contributed by atoms with Gasteiger partial charge in [-0.2, -0.15) is 0 Å². The predicted molar refractivity (Wildman–Crippen MR) is 223 cm³/mol. The summed E-state index contributed by atoms with van der Waals surface area (Å²) < 4.78 is 0. The lowest BCUT2D eigenvalue weighted by atomic mass is 9.98. The Balaban J connectivity index is 1.33. The number of benzene rings is 5. The average molecular weight is 794 g/mol. The lowest BCUT2D eigenvalue weighted by molar-refractivity contribution is -0.142. The number of rotatable bonds is 9. The van der Waals surface area contributed by atoms with Gasteiger partial charge in [0.2, 0.25) is 23.6 Å². The predicted octanol–water partition coefficient (Wildman–Crippen LogP) is 4.17. The molecule has 2 bridgehead atoms. The topological polar surface area (TPSA) is 183 Å². The molecule has 2 aliphatic heterocycles. The molecule has 5 aromatic rings. The van der Waals surface area contributed by atoms with Crippen LogP contribution in [-0.4, -0.2) is 71.3 Å². The summed E-state index contributed by atoms with van der Waals surface area (Å²) in [4.78, 5) is 81.4. The van der Waals surface area contributed by atoms with E-state index in [9.17, 15) is 33.9 Å². The number of carboxylic acids is 1. The van der Waals surface area contributed by atoms with Gasteiger partial charge in [-0.1, -0.05) is 127 Å². The second kappa shape index (κ2) is 20.4. The van der Waals surface area contributed by atoms with Gasteiger partial charge in [-0.05, 0) is 58.4 Å². The highest BCUT2D eigenvalue weighted by atomic mass is 16.4. The highest BCUT2D eigenvalue weighted by Gasteiger charge is 2.32. The zero-order valence-corrected chi connectivity index (χ0v) is 32.4. The molecule has 0 saturated carbocycles. The summed E-state index contributed by atoms with van der Waals surface area (Å²) in [5.74, 6) is -4.22. The monoisotopic (exact) mass is 793 g/mol. The van der Waals surface area contributed by atoms with Crippen molar-refractivity contribution in [3.05, 3.63) is 167 Å². The zero-order valence-electron chi connectivity index (χ0n) is 32.4. The van der Waals surface area contributed by atoms with E-state index in [-0.39, 0.29) is 38.6 Å². The van der Waals surface area contributed by atoms with Crippen LogP contribution >= 0.6 is 0 Å². The highest BCUT2D eigenvalue weighted by Crippen LogP contribution is 2.20. The van der Waals surface area contributed by atoms with Gasteiger partial charge in [0.1, 0.15) is 24.2 Å². The molecule has 0 aromatic heterocycles. The van der Waals surface area contributed by atoms with Crippen molar-refractivity contribution in [3.8, 4) is 11.1 Å². The molecule has 302 valence electrons. The first-order valence-corrected chi connectivity index (χ1v) is 19.6. The summed E-state index contributed by atoms with van der Waals surface area (Å²) >= 11 is 0. The van der Waals surface area contributed by atoms with Crippen LogP contribution in [0.25, 0.3) is 11.1 Å². The van der Waals surface area contributed by atoms with Gasteiger partial charge in [0.05, 0.1) is 0 Å². The quantitative estimate of drug-likeness (QED) is 0.121. The Morgan fingerprint density at radius 2 is 1.02 bits per heavy atom. The Kier molecular flexibility index (Phi) is 14.3. The lowest BCUT2D eigenvalue weighted by Gasteiger charge is -2.26. The maximum absolute atomic E-state index is 14.4. The van der Waals surface area contributed by atoms with E-state index < -0.39 is 59.7 Å². The van der Waals surface area contributed by atoms with Crippen LogP contribution in [0.3, 0.4) is 0 Å². The van der Waals surface area contributed by atoms with Crippen molar-refractivity contribution in [2.45, 2.75) is 62.7 Å². The van der Waals surface area contributed by atoms with Gasteiger partial charge >= 0.3 is 5.97 Å². The Labute approximate surface area is 342 Å². The van der Waals surface area contributed by atoms with Gasteiger partial charge in [-0.15, -0.1) is 0 Å². The first-order valence-electron chi connectivity index (χ1n) is 19.6. The van der Waals surface area contributed by atoms with Crippen molar-refractivity contribution in [1.29, 1.82) is 0 Å². The van der Waals surface area contributed by atoms with Crippen molar-refractivity contribution >= 4 is 35.5 Å². The summed E-state index contributed by atoms with van der Waals surface area (Å²) in [6, 6.07) is 37.2. The van der Waals surface area contributed by atoms with Crippen LogP contribution in [-0.2, 0) is 49.7 Å². The van der Waals surface area contributed by atoms with Gasteiger partial charge in [-0.3, -0.25) is 24.0 Å². The third-order valence-electron chi connectivity index (χ3n) is 10.2. The molecule has 0 unspecified atom stereocenters. The molecule has 0 fully saturated rings. The van der Waals surface area contributed by atoms with Gasteiger partial charge in [0, 0.05) is 37.8 Å². The second-order valence-corrected chi connectivity index (χ2v) is 14.5. The molecule has 0 aliphatic carbocycles. The molecular formula is C47H47N5O7. The molecule has 0 spiro atoms. The maximum atomic E-state index is 14.4. The summed E-state index contributed by atoms with van der Waals surface area (Å²) in [6.07, 6.45) is 0.481. The van der Waals surface area contributed by atoms with Gasteiger partial charge in [-0.25, -0.2) is 4.79 Å². The van der Waals surface area contributed by atoms with E-state index in [1.807, 2.05) is 91.0 Å². The van der Waals surface area contributed by atoms with E-state index in [4.69, 9.17) is 0 Å². The highest BCUT2D eigenvalue weighted by molar-refractivity contribution is 5.96. The number of carbonyl (C=O) groups excluding carboxylic acids is 5. The van der Waals surface area contributed by atoms with Crippen LogP contribution in [0.1, 0.15) is 45.5 Å². The first-order chi connectivity index (χ1) is 28.6. The molecule has 0 saturated heterocycles. The Bertz CT molecular complexity index is 2220. The molecule has 7 rings (SSSR count). The standard InChI is InChI=1S/C47H47N5O7/c53-42-26-27-48-43(54)37-23-18-34(19-24-37)30-41(47(58)59)52-46(57)39(28-32-12-6-2-7-13-32)51-45(56)40(29-33-16-21-36(22-17-33)35-14-8-3-9-15-35)50-44(55)38(49-42)25-20-31-10-4-1-5-11-31/h1-19,21-24,38-41H,20,25-30H2,(H,48,54)(H,49,53)(H,50,55)(H,51,56)(H,52,57)(H,58,59)/t38-,39-,40-,41+/m1/s1. The number of hydrogen-bond acceptors (Lipinski definition) is 6. The summed E-state index contributed by atoms with van der Waals surface area (Å²) in [5.41, 5.74) is 5.17. The van der Waals surface area contributed by atoms with Gasteiger partial charge in [0.15, 0.2) is 0 Å². The largest absolute Gasteiger partial charge is 0.480 e. The first kappa shape index (κ1) is 41.6. The van der Waals surface area contributed by atoms with Crippen LogP contribution in [0, 0.1) is 0 Å². The minimum Gasteiger partial charge on any atom is -0.480 e. The van der Waals surface area contributed by atoms with Gasteiger partial charge < -0.3 is 31.7 Å². The lowest BCUT2D eigenvalue weighted by Crippen LogP contribution is -2.59. The normalized spacial score (nSPS) is 19.6. The number of carbonyl (C=O) groups is 6. The van der Waals surface area contributed by atoms with E-state index in [1.165, 1.54) is 12.1 Å². The fourth-order valence-corrected chi connectivity index (χ4v) is 6.90.